The molecule has 2 aromatic heterocycles. The molecule has 0 fully saturated rings. The summed E-state index contributed by atoms with van der Waals surface area (Å²) in [5.74, 6) is 0.529. The Morgan fingerprint density at radius 2 is 1.91 bits per heavy atom. The molecule has 110 valence electrons. The van der Waals surface area contributed by atoms with E-state index in [1.165, 1.54) is 11.1 Å². The first-order chi connectivity index (χ1) is 10.6. The number of hydrogen-bond acceptors (Lipinski definition) is 2. The summed E-state index contributed by atoms with van der Waals surface area (Å²) < 4.78 is 1.88. The molecule has 3 heteroatoms. The molecular weight excluding hydrogens is 270 g/mol. The number of aryl methyl sites for hydroxylation is 1. The zero-order chi connectivity index (χ0) is 15.7. The molecule has 0 aliphatic heterocycles. The van der Waals surface area contributed by atoms with Gasteiger partial charge in [0.05, 0.1) is 5.69 Å². The highest BCUT2D eigenvalue weighted by Gasteiger charge is 2.13. The van der Waals surface area contributed by atoms with E-state index in [-0.39, 0.29) is 0 Å². The van der Waals surface area contributed by atoms with Gasteiger partial charge in [-0.1, -0.05) is 44.2 Å². The molecule has 0 saturated heterocycles. The summed E-state index contributed by atoms with van der Waals surface area (Å²) in [5.41, 5.74) is 5.94. The maximum absolute atomic E-state index is 9.48. The first-order valence-corrected chi connectivity index (χ1v) is 7.55. The van der Waals surface area contributed by atoms with Gasteiger partial charge in [0.25, 0.3) is 0 Å². The molecule has 0 atom stereocenters. The Labute approximate surface area is 130 Å². The molecule has 2 heterocycles. The van der Waals surface area contributed by atoms with Crippen molar-refractivity contribution < 1.29 is 0 Å². The van der Waals surface area contributed by atoms with Crippen molar-refractivity contribution in [1.82, 2.24) is 9.38 Å². The molecule has 0 bridgehead atoms. The summed E-state index contributed by atoms with van der Waals surface area (Å²) in [4.78, 5) is 4.68. The van der Waals surface area contributed by atoms with Gasteiger partial charge in [-0.3, -0.25) is 4.40 Å². The third kappa shape index (κ3) is 2.48. The summed E-state index contributed by atoms with van der Waals surface area (Å²) in [6, 6.07) is 14.8. The van der Waals surface area contributed by atoms with Gasteiger partial charge >= 0.3 is 0 Å². The van der Waals surface area contributed by atoms with Crippen LogP contribution in [-0.2, 0) is 6.42 Å². The van der Waals surface area contributed by atoms with Crippen LogP contribution in [0.3, 0.4) is 0 Å². The fourth-order valence-electron chi connectivity index (χ4n) is 2.71. The first kappa shape index (κ1) is 14.3. The maximum Gasteiger partial charge on any atom is 0.148 e. The lowest BCUT2D eigenvalue weighted by molar-refractivity contribution is 0.865. The lowest BCUT2D eigenvalue weighted by atomic mass is 10.00. The second kappa shape index (κ2) is 5.65. The Bertz CT molecular complexity index is 849. The molecule has 0 amide bonds. The average molecular weight is 289 g/mol. The highest BCUT2D eigenvalue weighted by atomic mass is 15.0. The Balaban J connectivity index is 2.00. The molecule has 0 saturated carbocycles. The first-order valence-electron chi connectivity index (χ1n) is 7.55. The molecule has 0 N–H and O–H groups in total. The van der Waals surface area contributed by atoms with Crippen molar-refractivity contribution in [2.45, 2.75) is 33.1 Å². The van der Waals surface area contributed by atoms with Crippen molar-refractivity contribution in [2.24, 2.45) is 0 Å². The minimum absolute atomic E-state index is 0.529. The van der Waals surface area contributed by atoms with Gasteiger partial charge < -0.3 is 0 Å². The van der Waals surface area contributed by atoms with Crippen molar-refractivity contribution in [2.75, 3.05) is 0 Å². The van der Waals surface area contributed by atoms with Crippen LogP contribution < -0.4 is 0 Å². The van der Waals surface area contributed by atoms with Gasteiger partial charge in [-0.25, -0.2) is 4.98 Å². The number of hydrogen-bond donors (Lipinski definition) is 0. The van der Waals surface area contributed by atoms with E-state index < -0.39 is 0 Å². The standard InChI is InChI=1S/C19H19N3/c1-13(2)16-8-6-15(7-9-16)11-17-18(12-20)22-10-4-5-14(3)19(22)21-17/h4-10,13H,11H2,1-3H3. The van der Waals surface area contributed by atoms with Gasteiger partial charge in [-0.2, -0.15) is 5.26 Å². The quantitative estimate of drug-likeness (QED) is 0.724. The van der Waals surface area contributed by atoms with E-state index in [4.69, 9.17) is 0 Å². The molecule has 0 radical (unpaired) electrons. The Morgan fingerprint density at radius 3 is 2.55 bits per heavy atom. The molecule has 0 aliphatic carbocycles. The van der Waals surface area contributed by atoms with Gasteiger partial charge in [-0.15, -0.1) is 0 Å². The van der Waals surface area contributed by atoms with E-state index in [9.17, 15) is 5.26 Å². The second-order valence-electron chi connectivity index (χ2n) is 5.98. The zero-order valence-corrected chi connectivity index (χ0v) is 13.2. The molecular formula is C19H19N3. The van der Waals surface area contributed by atoms with Gasteiger partial charge in [-0.05, 0) is 35.6 Å². The average Bonchev–Trinajstić information content (AvgIpc) is 2.86. The van der Waals surface area contributed by atoms with Crippen LogP contribution in [0.1, 0.15) is 47.8 Å². The number of imidazole rings is 1. The molecule has 0 unspecified atom stereocenters. The van der Waals surface area contributed by atoms with Crippen LogP contribution in [-0.4, -0.2) is 9.38 Å². The Morgan fingerprint density at radius 1 is 1.18 bits per heavy atom. The highest BCUT2D eigenvalue weighted by Crippen LogP contribution is 2.20. The number of nitrogens with zero attached hydrogens (tertiary/aromatic N) is 3. The van der Waals surface area contributed by atoms with Crippen LogP contribution in [0.5, 0.6) is 0 Å². The monoisotopic (exact) mass is 289 g/mol. The summed E-state index contributed by atoms with van der Waals surface area (Å²) in [6.07, 6.45) is 2.58. The van der Waals surface area contributed by atoms with Crippen molar-refractivity contribution in [3.63, 3.8) is 0 Å². The third-order valence-electron chi connectivity index (χ3n) is 4.04. The van der Waals surface area contributed by atoms with E-state index in [0.29, 0.717) is 18.0 Å². The Hall–Kier alpha value is -2.60. The van der Waals surface area contributed by atoms with Crippen molar-refractivity contribution >= 4 is 5.65 Å². The number of aromatic nitrogens is 2. The predicted molar refractivity (Wildman–Crippen MR) is 88.0 cm³/mol. The van der Waals surface area contributed by atoms with Gasteiger partial charge in [0.15, 0.2) is 0 Å². The Kier molecular flexibility index (Phi) is 3.68. The number of nitriles is 1. The molecule has 0 aliphatic rings. The van der Waals surface area contributed by atoms with E-state index >= 15 is 0 Å². The van der Waals surface area contributed by atoms with Crippen molar-refractivity contribution in [3.8, 4) is 6.07 Å². The van der Waals surface area contributed by atoms with Crippen LogP contribution in [0.25, 0.3) is 5.65 Å². The summed E-state index contributed by atoms with van der Waals surface area (Å²) in [6.45, 7) is 6.39. The minimum Gasteiger partial charge on any atom is -0.291 e. The van der Waals surface area contributed by atoms with Crippen LogP contribution in [0.4, 0.5) is 0 Å². The molecule has 3 aromatic rings. The fourth-order valence-corrected chi connectivity index (χ4v) is 2.71. The summed E-state index contributed by atoms with van der Waals surface area (Å²) in [5, 5.41) is 9.48. The topological polar surface area (TPSA) is 41.1 Å². The summed E-state index contributed by atoms with van der Waals surface area (Å²) >= 11 is 0. The molecule has 22 heavy (non-hydrogen) atoms. The van der Waals surface area contributed by atoms with E-state index in [0.717, 1.165) is 16.9 Å². The van der Waals surface area contributed by atoms with Crippen molar-refractivity contribution in [1.29, 1.82) is 5.26 Å². The van der Waals surface area contributed by atoms with Crippen LogP contribution in [0.15, 0.2) is 42.6 Å². The highest BCUT2D eigenvalue weighted by molar-refractivity contribution is 5.53. The SMILES string of the molecule is Cc1cccn2c(C#N)c(Cc3ccc(C(C)C)cc3)nc12. The van der Waals surface area contributed by atoms with E-state index in [1.54, 1.807) is 0 Å². The smallest absolute Gasteiger partial charge is 0.148 e. The lowest BCUT2D eigenvalue weighted by Crippen LogP contribution is -1.95. The molecule has 1 aromatic carbocycles. The fraction of sp³-hybridized carbons (Fsp3) is 0.263. The number of fused-ring (bicyclic) bond motifs is 1. The minimum atomic E-state index is 0.529. The van der Waals surface area contributed by atoms with Crippen LogP contribution in [0.2, 0.25) is 0 Å². The number of benzene rings is 1. The predicted octanol–water partition coefficient (Wildman–Crippen LogP) is 4.23. The number of rotatable bonds is 3. The van der Waals surface area contributed by atoms with E-state index in [2.05, 4.69) is 49.2 Å². The molecule has 3 nitrogen and oxygen atoms in total. The number of pyridine rings is 1. The van der Waals surface area contributed by atoms with Crippen molar-refractivity contribution in [3.05, 3.63) is 70.7 Å². The zero-order valence-electron chi connectivity index (χ0n) is 13.2. The lowest BCUT2D eigenvalue weighted by Gasteiger charge is -2.06. The van der Waals surface area contributed by atoms with Crippen LogP contribution >= 0.6 is 0 Å². The van der Waals surface area contributed by atoms with Gasteiger partial charge in [0.2, 0.25) is 0 Å². The van der Waals surface area contributed by atoms with Crippen LogP contribution in [0, 0.1) is 18.3 Å². The molecule has 0 spiro atoms. The van der Waals surface area contributed by atoms with E-state index in [1.807, 2.05) is 29.7 Å². The third-order valence-corrected chi connectivity index (χ3v) is 4.04. The normalized spacial score (nSPS) is 11.0. The summed E-state index contributed by atoms with van der Waals surface area (Å²) in [7, 11) is 0. The second-order valence-corrected chi connectivity index (χ2v) is 5.98. The largest absolute Gasteiger partial charge is 0.291 e. The molecule has 3 rings (SSSR count). The van der Waals surface area contributed by atoms with Gasteiger partial charge in [0, 0.05) is 12.6 Å². The maximum atomic E-state index is 9.48. The van der Waals surface area contributed by atoms with Gasteiger partial charge in [0.1, 0.15) is 17.4 Å².